The molecule has 0 heterocycles. The first kappa shape index (κ1) is 19.5. The predicted molar refractivity (Wildman–Crippen MR) is 102 cm³/mol. The SMILES string of the molecule is CNC(=O)c1ccc(NC(=O)NC(C)(COC)c2ccccc2)c(C)c1. The summed E-state index contributed by atoms with van der Waals surface area (Å²) in [5.74, 6) is -0.166. The number of urea groups is 1. The van der Waals surface area contributed by atoms with E-state index < -0.39 is 5.54 Å². The number of nitrogens with one attached hydrogen (secondary N) is 3. The first-order valence-electron chi connectivity index (χ1n) is 8.36. The lowest BCUT2D eigenvalue weighted by molar-refractivity contribution is 0.0963. The number of aryl methyl sites for hydroxylation is 1. The van der Waals surface area contributed by atoms with Gasteiger partial charge in [0, 0.05) is 25.4 Å². The van der Waals surface area contributed by atoms with Crippen LogP contribution in [0.5, 0.6) is 0 Å². The number of hydrogen-bond acceptors (Lipinski definition) is 3. The number of ether oxygens (including phenoxy) is 1. The van der Waals surface area contributed by atoms with Crippen LogP contribution >= 0.6 is 0 Å². The molecular formula is C20H25N3O3. The van der Waals surface area contributed by atoms with E-state index in [0.29, 0.717) is 17.9 Å². The van der Waals surface area contributed by atoms with Gasteiger partial charge in [-0.2, -0.15) is 0 Å². The van der Waals surface area contributed by atoms with Gasteiger partial charge in [-0.1, -0.05) is 30.3 Å². The van der Waals surface area contributed by atoms with Gasteiger partial charge in [-0.15, -0.1) is 0 Å². The van der Waals surface area contributed by atoms with Crippen LogP contribution in [-0.4, -0.2) is 32.7 Å². The first-order chi connectivity index (χ1) is 12.4. The van der Waals surface area contributed by atoms with E-state index in [1.807, 2.05) is 44.2 Å². The molecule has 0 aliphatic rings. The lowest BCUT2D eigenvalue weighted by atomic mass is 9.93. The maximum absolute atomic E-state index is 12.5. The topological polar surface area (TPSA) is 79.5 Å². The predicted octanol–water partition coefficient (Wildman–Crippen LogP) is 3.04. The van der Waals surface area contributed by atoms with Gasteiger partial charge in [0.2, 0.25) is 0 Å². The summed E-state index contributed by atoms with van der Waals surface area (Å²) in [5.41, 5.74) is 2.27. The van der Waals surface area contributed by atoms with E-state index in [4.69, 9.17) is 4.74 Å². The van der Waals surface area contributed by atoms with Gasteiger partial charge in [-0.3, -0.25) is 4.79 Å². The largest absolute Gasteiger partial charge is 0.382 e. The van der Waals surface area contributed by atoms with Crippen molar-refractivity contribution < 1.29 is 14.3 Å². The van der Waals surface area contributed by atoms with Crippen molar-refractivity contribution in [1.29, 1.82) is 0 Å². The highest BCUT2D eigenvalue weighted by molar-refractivity contribution is 5.96. The van der Waals surface area contributed by atoms with Crippen molar-refractivity contribution in [1.82, 2.24) is 10.6 Å². The van der Waals surface area contributed by atoms with Gasteiger partial charge in [0.15, 0.2) is 0 Å². The van der Waals surface area contributed by atoms with Crippen molar-refractivity contribution in [3.8, 4) is 0 Å². The lowest BCUT2D eigenvalue weighted by Crippen LogP contribution is -2.48. The van der Waals surface area contributed by atoms with Gasteiger partial charge in [0.1, 0.15) is 0 Å². The Morgan fingerprint density at radius 3 is 2.38 bits per heavy atom. The number of carbonyl (C=O) groups excluding carboxylic acids is 2. The van der Waals surface area contributed by atoms with Gasteiger partial charge in [0.05, 0.1) is 12.1 Å². The summed E-state index contributed by atoms with van der Waals surface area (Å²) >= 11 is 0. The molecule has 6 nitrogen and oxygen atoms in total. The fraction of sp³-hybridized carbons (Fsp3) is 0.300. The fourth-order valence-corrected chi connectivity index (χ4v) is 2.78. The molecule has 0 aliphatic heterocycles. The van der Waals surface area contributed by atoms with Crippen LogP contribution in [0.25, 0.3) is 0 Å². The van der Waals surface area contributed by atoms with Crippen LogP contribution in [0.15, 0.2) is 48.5 Å². The number of carbonyl (C=O) groups is 2. The Balaban J connectivity index is 2.15. The van der Waals surface area contributed by atoms with Crippen LogP contribution in [0, 0.1) is 6.92 Å². The normalized spacial score (nSPS) is 12.8. The van der Waals surface area contributed by atoms with Crippen LogP contribution in [0.1, 0.15) is 28.4 Å². The third-order valence-electron chi connectivity index (χ3n) is 4.20. The molecule has 3 amide bonds. The molecule has 6 heteroatoms. The molecule has 0 radical (unpaired) electrons. The second-order valence-electron chi connectivity index (χ2n) is 6.32. The van der Waals surface area contributed by atoms with Gasteiger partial charge >= 0.3 is 6.03 Å². The van der Waals surface area contributed by atoms with E-state index in [1.54, 1.807) is 32.4 Å². The standard InChI is InChI=1S/C20H25N3O3/c1-14-12-15(18(24)21-3)10-11-17(14)22-19(25)23-20(2,13-26-4)16-8-6-5-7-9-16/h5-12H,13H2,1-4H3,(H,21,24)(H2,22,23,25). The molecule has 0 saturated carbocycles. The molecule has 0 saturated heterocycles. The zero-order chi connectivity index (χ0) is 19.2. The number of rotatable bonds is 6. The van der Waals surface area contributed by atoms with Crippen LogP contribution in [0.3, 0.4) is 0 Å². The van der Waals surface area contributed by atoms with Gasteiger partial charge in [0.25, 0.3) is 5.91 Å². The van der Waals surface area contributed by atoms with Crippen LogP contribution in [0.2, 0.25) is 0 Å². The van der Waals surface area contributed by atoms with Crippen molar-refractivity contribution in [2.24, 2.45) is 0 Å². The average molecular weight is 355 g/mol. The van der Waals surface area contributed by atoms with E-state index >= 15 is 0 Å². The van der Waals surface area contributed by atoms with E-state index in [0.717, 1.165) is 11.1 Å². The van der Waals surface area contributed by atoms with E-state index in [2.05, 4.69) is 16.0 Å². The highest BCUT2D eigenvalue weighted by atomic mass is 16.5. The first-order valence-corrected chi connectivity index (χ1v) is 8.36. The monoisotopic (exact) mass is 355 g/mol. The van der Waals surface area contributed by atoms with E-state index in [1.165, 1.54) is 0 Å². The summed E-state index contributed by atoms with van der Waals surface area (Å²) in [6.45, 7) is 4.08. The summed E-state index contributed by atoms with van der Waals surface area (Å²) in [6.07, 6.45) is 0. The Morgan fingerprint density at radius 1 is 1.12 bits per heavy atom. The highest BCUT2D eigenvalue weighted by Gasteiger charge is 2.28. The van der Waals surface area contributed by atoms with Crippen molar-refractivity contribution in [3.63, 3.8) is 0 Å². The van der Waals surface area contributed by atoms with Crippen LogP contribution in [0.4, 0.5) is 10.5 Å². The quantitative estimate of drug-likeness (QED) is 0.745. The summed E-state index contributed by atoms with van der Waals surface area (Å²) in [4.78, 5) is 24.2. The van der Waals surface area contributed by atoms with Crippen molar-refractivity contribution in [2.45, 2.75) is 19.4 Å². The summed E-state index contributed by atoms with van der Waals surface area (Å²) in [6, 6.07) is 14.4. The maximum Gasteiger partial charge on any atom is 0.320 e. The molecule has 0 aliphatic carbocycles. The zero-order valence-corrected chi connectivity index (χ0v) is 15.6. The van der Waals surface area contributed by atoms with Crippen molar-refractivity contribution in [3.05, 3.63) is 65.2 Å². The zero-order valence-electron chi connectivity index (χ0n) is 15.6. The molecule has 138 valence electrons. The van der Waals surface area contributed by atoms with E-state index in [-0.39, 0.29) is 11.9 Å². The molecule has 1 atom stereocenters. The maximum atomic E-state index is 12.5. The molecule has 0 fully saturated rings. The number of methoxy groups -OCH3 is 1. The molecule has 0 bridgehead atoms. The fourth-order valence-electron chi connectivity index (χ4n) is 2.78. The lowest BCUT2D eigenvalue weighted by Gasteiger charge is -2.31. The minimum absolute atomic E-state index is 0.166. The third-order valence-corrected chi connectivity index (χ3v) is 4.20. The van der Waals surface area contributed by atoms with Crippen molar-refractivity contribution >= 4 is 17.6 Å². The van der Waals surface area contributed by atoms with Gasteiger partial charge in [-0.05, 0) is 43.2 Å². The Bertz CT molecular complexity index is 777. The minimum atomic E-state index is -0.671. The Hall–Kier alpha value is -2.86. The van der Waals surface area contributed by atoms with E-state index in [9.17, 15) is 9.59 Å². The molecule has 1 unspecified atom stereocenters. The Labute approximate surface area is 153 Å². The van der Waals surface area contributed by atoms with Crippen molar-refractivity contribution in [2.75, 3.05) is 26.1 Å². The number of benzene rings is 2. The molecule has 0 spiro atoms. The van der Waals surface area contributed by atoms with Gasteiger partial charge < -0.3 is 20.7 Å². The number of hydrogen-bond donors (Lipinski definition) is 3. The Kier molecular flexibility index (Phi) is 6.36. The van der Waals surface area contributed by atoms with Crippen LogP contribution < -0.4 is 16.0 Å². The number of amides is 3. The second kappa shape index (κ2) is 8.49. The minimum Gasteiger partial charge on any atom is -0.382 e. The molecule has 2 rings (SSSR count). The van der Waals surface area contributed by atoms with Crippen LogP contribution in [-0.2, 0) is 10.3 Å². The highest BCUT2D eigenvalue weighted by Crippen LogP contribution is 2.22. The second-order valence-corrected chi connectivity index (χ2v) is 6.32. The summed E-state index contributed by atoms with van der Waals surface area (Å²) in [5, 5.41) is 8.40. The third kappa shape index (κ3) is 4.61. The average Bonchev–Trinajstić information content (AvgIpc) is 2.63. The number of anilines is 1. The molecule has 26 heavy (non-hydrogen) atoms. The molecule has 0 aromatic heterocycles. The Morgan fingerprint density at radius 2 is 1.81 bits per heavy atom. The summed E-state index contributed by atoms with van der Waals surface area (Å²) < 4.78 is 5.30. The molecule has 2 aromatic rings. The molecule has 3 N–H and O–H groups in total. The summed E-state index contributed by atoms with van der Waals surface area (Å²) in [7, 11) is 3.18. The molecular weight excluding hydrogens is 330 g/mol. The molecule has 2 aromatic carbocycles. The van der Waals surface area contributed by atoms with Gasteiger partial charge in [-0.25, -0.2) is 4.79 Å². The smallest absolute Gasteiger partial charge is 0.320 e.